The van der Waals surface area contributed by atoms with E-state index in [0.717, 1.165) is 28.7 Å². The van der Waals surface area contributed by atoms with Crippen molar-refractivity contribution < 1.29 is 9.90 Å². The van der Waals surface area contributed by atoms with Crippen LogP contribution in [0.25, 0.3) is 11.1 Å². The molecule has 0 aliphatic rings. The minimum atomic E-state index is -0.778. The molecule has 1 amide bonds. The molecule has 0 fully saturated rings. The molecule has 3 rings (SSSR count). The van der Waals surface area contributed by atoms with Crippen molar-refractivity contribution in [2.24, 2.45) is 17.4 Å². The van der Waals surface area contributed by atoms with Crippen LogP contribution in [0.1, 0.15) is 47.3 Å². The highest BCUT2D eigenvalue weighted by Crippen LogP contribution is 2.22. The molecule has 6 heteroatoms. The minimum absolute atomic E-state index is 0.0127. The molecule has 3 aromatic carbocycles. The maximum absolute atomic E-state index is 13.0. The Balaban J connectivity index is 1.73. The zero-order valence-corrected chi connectivity index (χ0v) is 19.8. The molecule has 3 aromatic rings. The summed E-state index contributed by atoms with van der Waals surface area (Å²) in [6.45, 7) is 4.54. The van der Waals surface area contributed by atoms with Gasteiger partial charge in [-0.3, -0.25) is 10.2 Å². The van der Waals surface area contributed by atoms with Crippen molar-refractivity contribution in [2.75, 3.05) is 0 Å². The molecule has 34 heavy (non-hydrogen) atoms. The quantitative estimate of drug-likeness (QED) is 0.234. The van der Waals surface area contributed by atoms with Gasteiger partial charge in [0.1, 0.15) is 5.84 Å². The Hall–Kier alpha value is -3.48. The molecule has 7 N–H and O–H groups in total. The van der Waals surface area contributed by atoms with Crippen molar-refractivity contribution in [1.82, 2.24) is 5.32 Å². The number of nitrogen functional groups attached to an aromatic ring is 1. The molecular weight excluding hydrogens is 424 g/mol. The van der Waals surface area contributed by atoms with Crippen molar-refractivity contribution in [3.8, 4) is 11.1 Å². The van der Waals surface area contributed by atoms with Crippen LogP contribution >= 0.6 is 0 Å². The van der Waals surface area contributed by atoms with E-state index < -0.39 is 12.1 Å². The third kappa shape index (κ3) is 6.31. The molecular formula is C28H34N4O2. The summed E-state index contributed by atoms with van der Waals surface area (Å²) in [6, 6.07) is 22.3. The molecule has 0 saturated carbocycles. The van der Waals surface area contributed by atoms with Crippen LogP contribution in [0.3, 0.4) is 0 Å². The van der Waals surface area contributed by atoms with E-state index in [2.05, 4.69) is 5.32 Å². The summed E-state index contributed by atoms with van der Waals surface area (Å²) in [7, 11) is 0. The normalized spacial score (nSPS) is 13.6. The maximum Gasteiger partial charge on any atom is 0.251 e. The van der Waals surface area contributed by atoms with Crippen LogP contribution < -0.4 is 16.8 Å². The van der Waals surface area contributed by atoms with Gasteiger partial charge in [0, 0.05) is 24.1 Å². The molecule has 0 radical (unpaired) electrons. The number of hydrogen-bond donors (Lipinski definition) is 5. The summed E-state index contributed by atoms with van der Waals surface area (Å²) >= 11 is 0. The highest BCUT2D eigenvalue weighted by Gasteiger charge is 2.27. The number of carbonyl (C=O) groups excluding carboxylic acids is 1. The SMILES string of the molecule is CCC(C)C(NC(=O)c1ccc(-c2cccc(CN)c2)cc1)C(O)Cc1cccc(C(=N)N)c1. The molecule has 0 aliphatic heterocycles. The second kappa shape index (κ2) is 11.6. The lowest BCUT2D eigenvalue weighted by Gasteiger charge is -2.29. The zero-order valence-electron chi connectivity index (χ0n) is 19.8. The lowest BCUT2D eigenvalue weighted by molar-refractivity contribution is 0.0739. The summed E-state index contributed by atoms with van der Waals surface area (Å²) < 4.78 is 0. The number of nitrogens with one attached hydrogen (secondary N) is 2. The first-order valence-corrected chi connectivity index (χ1v) is 11.6. The molecule has 0 bridgehead atoms. The molecule has 178 valence electrons. The molecule has 3 atom stereocenters. The number of aliphatic hydroxyl groups is 1. The fourth-order valence-electron chi connectivity index (χ4n) is 4.03. The number of nitrogens with two attached hydrogens (primary N) is 2. The Kier molecular flexibility index (Phi) is 8.57. The van der Waals surface area contributed by atoms with Crippen LogP contribution in [-0.2, 0) is 13.0 Å². The molecule has 0 saturated heterocycles. The van der Waals surface area contributed by atoms with Crippen LogP contribution in [0, 0.1) is 11.3 Å². The van der Waals surface area contributed by atoms with Gasteiger partial charge in [0.05, 0.1) is 12.1 Å². The average molecular weight is 459 g/mol. The first-order chi connectivity index (χ1) is 16.3. The molecule has 0 heterocycles. The van der Waals surface area contributed by atoms with Gasteiger partial charge in [-0.05, 0) is 52.4 Å². The van der Waals surface area contributed by atoms with E-state index in [1.165, 1.54) is 0 Å². The van der Waals surface area contributed by atoms with E-state index in [1.807, 2.05) is 62.4 Å². The van der Waals surface area contributed by atoms with Gasteiger partial charge in [0.25, 0.3) is 5.91 Å². The molecule has 0 aromatic heterocycles. The topological polar surface area (TPSA) is 125 Å². The fourth-order valence-corrected chi connectivity index (χ4v) is 4.03. The number of benzene rings is 3. The van der Waals surface area contributed by atoms with E-state index in [0.29, 0.717) is 24.1 Å². The number of rotatable bonds is 10. The van der Waals surface area contributed by atoms with Gasteiger partial charge < -0.3 is 21.9 Å². The smallest absolute Gasteiger partial charge is 0.251 e. The zero-order chi connectivity index (χ0) is 24.7. The van der Waals surface area contributed by atoms with E-state index >= 15 is 0 Å². The Labute approximate surface area is 201 Å². The van der Waals surface area contributed by atoms with Gasteiger partial charge in [0.2, 0.25) is 0 Å². The van der Waals surface area contributed by atoms with Gasteiger partial charge in [-0.2, -0.15) is 0 Å². The first kappa shape index (κ1) is 25.1. The number of amidine groups is 1. The predicted molar refractivity (Wildman–Crippen MR) is 138 cm³/mol. The maximum atomic E-state index is 13.0. The lowest BCUT2D eigenvalue weighted by atomic mass is 9.90. The van der Waals surface area contributed by atoms with Gasteiger partial charge in [0.15, 0.2) is 0 Å². The Morgan fingerprint density at radius 2 is 1.65 bits per heavy atom. The van der Waals surface area contributed by atoms with Crippen molar-refractivity contribution in [2.45, 2.75) is 45.4 Å². The van der Waals surface area contributed by atoms with E-state index in [-0.39, 0.29) is 17.7 Å². The van der Waals surface area contributed by atoms with Crippen molar-refractivity contribution in [1.29, 1.82) is 5.41 Å². The van der Waals surface area contributed by atoms with Gasteiger partial charge >= 0.3 is 0 Å². The summed E-state index contributed by atoms with van der Waals surface area (Å²) in [4.78, 5) is 13.0. The summed E-state index contributed by atoms with van der Waals surface area (Å²) in [5.74, 6) is -0.154. The molecule has 6 nitrogen and oxygen atoms in total. The minimum Gasteiger partial charge on any atom is -0.391 e. The monoisotopic (exact) mass is 458 g/mol. The number of aliphatic hydroxyl groups excluding tert-OH is 1. The van der Waals surface area contributed by atoms with Gasteiger partial charge in [-0.1, -0.05) is 68.8 Å². The molecule has 0 aliphatic carbocycles. The fraction of sp³-hybridized carbons (Fsp3) is 0.286. The van der Waals surface area contributed by atoms with Crippen LogP contribution in [0.5, 0.6) is 0 Å². The number of carbonyl (C=O) groups is 1. The lowest BCUT2D eigenvalue weighted by Crippen LogP contribution is -2.48. The van der Waals surface area contributed by atoms with Gasteiger partial charge in [-0.15, -0.1) is 0 Å². The second-order valence-electron chi connectivity index (χ2n) is 8.75. The number of amides is 1. The number of hydrogen-bond acceptors (Lipinski definition) is 4. The summed E-state index contributed by atoms with van der Waals surface area (Å²) in [5.41, 5.74) is 16.5. The highest BCUT2D eigenvalue weighted by atomic mass is 16.3. The van der Waals surface area contributed by atoms with Gasteiger partial charge in [-0.25, -0.2) is 0 Å². The average Bonchev–Trinajstić information content (AvgIpc) is 2.86. The van der Waals surface area contributed by atoms with E-state index in [1.54, 1.807) is 24.3 Å². The summed E-state index contributed by atoms with van der Waals surface area (Å²) in [5, 5.41) is 21.7. The standard InChI is InChI=1S/C28H34N4O2/c1-3-18(2)26(25(33)16-19-6-4-9-24(14-19)27(30)31)32-28(34)22-12-10-21(11-13-22)23-8-5-7-20(15-23)17-29/h4-15,18,25-26,33H,3,16-17,29H2,1-2H3,(H3,30,31)(H,32,34). The third-order valence-electron chi connectivity index (χ3n) is 6.30. The first-order valence-electron chi connectivity index (χ1n) is 11.6. The van der Waals surface area contributed by atoms with Crippen LogP contribution in [-0.4, -0.2) is 29.0 Å². The molecule has 0 spiro atoms. The van der Waals surface area contributed by atoms with Crippen LogP contribution in [0.15, 0.2) is 72.8 Å². The van der Waals surface area contributed by atoms with Crippen molar-refractivity contribution >= 4 is 11.7 Å². The summed E-state index contributed by atoms with van der Waals surface area (Å²) in [6.07, 6.45) is 0.387. The molecule has 3 unspecified atom stereocenters. The Morgan fingerprint density at radius 1 is 0.971 bits per heavy atom. The van der Waals surface area contributed by atoms with Crippen molar-refractivity contribution in [3.05, 3.63) is 95.1 Å². The van der Waals surface area contributed by atoms with Crippen LogP contribution in [0.2, 0.25) is 0 Å². The second-order valence-corrected chi connectivity index (χ2v) is 8.75. The Bertz CT molecular complexity index is 1130. The largest absolute Gasteiger partial charge is 0.391 e. The van der Waals surface area contributed by atoms with Crippen molar-refractivity contribution in [3.63, 3.8) is 0 Å². The highest BCUT2D eigenvalue weighted by molar-refractivity contribution is 5.95. The predicted octanol–water partition coefficient (Wildman–Crippen LogP) is 3.84. The third-order valence-corrected chi connectivity index (χ3v) is 6.30. The Morgan fingerprint density at radius 3 is 2.29 bits per heavy atom. The van der Waals surface area contributed by atoms with E-state index in [4.69, 9.17) is 16.9 Å². The van der Waals surface area contributed by atoms with Crippen LogP contribution in [0.4, 0.5) is 0 Å². The van der Waals surface area contributed by atoms with E-state index in [9.17, 15) is 9.90 Å².